The average Bonchev–Trinajstić information content (AvgIpc) is 2.99. The van der Waals surface area contributed by atoms with Crippen LogP contribution in [0.25, 0.3) is 16.9 Å². The zero-order valence-electron chi connectivity index (χ0n) is 14.4. The maximum Gasteiger partial charge on any atom is 0.416 e. The summed E-state index contributed by atoms with van der Waals surface area (Å²) < 4.78 is 39.7. The first kappa shape index (κ1) is 19.3. The van der Waals surface area contributed by atoms with E-state index < -0.39 is 11.7 Å². The molecule has 0 atom stereocenters. The number of hydrogen-bond donors (Lipinski definition) is 2. The molecule has 29 heavy (non-hydrogen) atoms. The molecule has 3 N–H and O–H groups in total. The largest absolute Gasteiger partial charge is 0.416 e. The third-order valence-corrected chi connectivity index (χ3v) is 4.72. The summed E-state index contributed by atoms with van der Waals surface area (Å²) in [5.41, 5.74) is 6.76. The number of nitrogens with zero attached hydrogens (tertiary/aromatic N) is 4. The van der Waals surface area contributed by atoms with E-state index in [0.29, 0.717) is 32.6 Å². The average molecular weight is 439 g/mol. The molecule has 4 aromatic rings. The monoisotopic (exact) mass is 438 g/mol. The van der Waals surface area contributed by atoms with E-state index >= 15 is 0 Å². The van der Waals surface area contributed by atoms with E-state index in [-0.39, 0.29) is 11.8 Å². The van der Waals surface area contributed by atoms with Crippen molar-refractivity contribution in [1.29, 1.82) is 0 Å². The highest BCUT2D eigenvalue weighted by Crippen LogP contribution is 2.35. The van der Waals surface area contributed by atoms with Crippen molar-refractivity contribution in [1.82, 2.24) is 19.5 Å². The fourth-order valence-electron chi connectivity index (χ4n) is 2.80. The van der Waals surface area contributed by atoms with Crippen molar-refractivity contribution >= 4 is 51.8 Å². The van der Waals surface area contributed by atoms with Crippen LogP contribution in [0.4, 0.5) is 30.6 Å². The van der Waals surface area contributed by atoms with Gasteiger partial charge in [-0.2, -0.15) is 13.2 Å². The molecule has 0 radical (unpaired) electrons. The lowest BCUT2D eigenvalue weighted by molar-refractivity contribution is -0.137. The molecule has 0 aliphatic carbocycles. The molecule has 0 unspecified atom stereocenters. The molecule has 0 spiro atoms. The Morgan fingerprint density at radius 1 is 0.966 bits per heavy atom. The second kappa shape index (κ2) is 7.09. The number of nitrogen functional groups attached to an aromatic ring is 1. The predicted octanol–water partition coefficient (Wildman–Crippen LogP) is 5.47. The highest BCUT2D eigenvalue weighted by molar-refractivity contribution is 6.38. The summed E-state index contributed by atoms with van der Waals surface area (Å²) >= 11 is 12.5. The molecule has 0 fully saturated rings. The molecule has 2 aromatic carbocycles. The summed E-state index contributed by atoms with van der Waals surface area (Å²) in [6, 6.07) is 9.52. The number of para-hydroxylation sites is 1. The minimum atomic E-state index is -4.41. The number of nitrogens with one attached hydrogen (secondary N) is 1. The Kier molecular flexibility index (Phi) is 4.71. The third-order valence-electron chi connectivity index (χ3n) is 4.11. The van der Waals surface area contributed by atoms with Crippen LogP contribution < -0.4 is 11.1 Å². The van der Waals surface area contributed by atoms with Crippen LogP contribution in [0, 0.1) is 0 Å². The van der Waals surface area contributed by atoms with Gasteiger partial charge >= 0.3 is 6.18 Å². The quantitative estimate of drug-likeness (QED) is 0.443. The van der Waals surface area contributed by atoms with E-state index in [4.69, 9.17) is 28.9 Å². The van der Waals surface area contributed by atoms with Crippen molar-refractivity contribution in [3.8, 4) is 5.69 Å². The topological polar surface area (TPSA) is 81.7 Å². The van der Waals surface area contributed by atoms with Gasteiger partial charge < -0.3 is 11.1 Å². The normalized spacial score (nSPS) is 11.8. The molecule has 11 heteroatoms. The number of nitrogens with two attached hydrogens (primary N) is 1. The van der Waals surface area contributed by atoms with Gasteiger partial charge in [0.05, 0.1) is 21.3 Å². The summed E-state index contributed by atoms with van der Waals surface area (Å²) in [6.07, 6.45) is -3.14. The number of fused-ring (bicyclic) bond motifs is 1. The van der Waals surface area contributed by atoms with Crippen LogP contribution in [-0.2, 0) is 6.18 Å². The molecule has 0 saturated heterocycles. The first-order chi connectivity index (χ1) is 13.8. The Bertz CT molecular complexity index is 1180. The lowest BCUT2D eigenvalue weighted by atomic mass is 10.2. The molecular formula is C18H11Cl2F3N6. The lowest BCUT2D eigenvalue weighted by Crippen LogP contribution is -2.05. The predicted molar refractivity (Wildman–Crippen MR) is 106 cm³/mol. The molecule has 0 amide bonds. The number of hydrogen-bond acceptors (Lipinski definition) is 5. The second-order valence-electron chi connectivity index (χ2n) is 5.97. The second-order valence-corrected chi connectivity index (χ2v) is 6.78. The fraction of sp³-hybridized carbons (Fsp3) is 0.0556. The Hall–Kier alpha value is -3.04. The number of aromatic nitrogens is 4. The van der Waals surface area contributed by atoms with Gasteiger partial charge in [-0.3, -0.25) is 4.57 Å². The van der Waals surface area contributed by atoms with Crippen LogP contribution in [0.15, 0.2) is 48.8 Å². The molecule has 6 nitrogen and oxygen atoms in total. The minimum Gasteiger partial charge on any atom is -0.369 e. The van der Waals surface area contributed by atoms with Gasteiger partial charge in [0.1, 0.15) is 6.33 Å². The maximum absolute atomic E-state index is 12.7. The molecule has 0 saturated carbocycles. The van der Waals surface area contributed by atoms with Gasteiger partial charge in [0, 0.05) is 5.69 Å². The first-order valence-corrected chi connectivity index (χ1v) is 8.89. The van der Waals surface area contributed by atoms with Gasteiger partial charge in [0.2, 0.25) is 5.95 Å². The van der Waals surface area contributed by atoms with Gasteiger partial charge in [-0.05, 0) is 36.4 Å². The lowest BCUT2D eigenvalue weighted by Gasteiger charge is -2.11. The third kappa shape index (κ3) is 3.54. The van der Waals surface area contributed by atoms with E-state index in [2.05, 4.69) is 20.3 Å². The number of benzene rings is 2. The van der Waals surface area contributed by atoms with Gasteiger partial charge in [-0.1, -0.05) is 29.3 Å². The number of rotatable bonds is 3. The Balaban J connectivity index is 1.78. The molecule has 148 valence electrons. The zero-order valence-corrected chi connectivity index (χ0v) is 15.9. The van der Waals surface area contributed by atoms with E-state index in [0.717, 1.165) is 12.1 Å². The Labute approximate surface area is 172 Å². The van der Waals surface area contributed by atoms with E-state index in [9.17, 15) is 13.2 Å². The molecule has 0 aliphatic heterocycles. The van der Waals surface area contributed by atoms with Crippen molar-refractivity contribution in [2.24, 2.45) is 0 Å². The van der Waals surface area contributed by atoms with Crippen LogP contribution in [0.1, 0.15) is 5.56 Å². The molecule has 2 heterocycles. The van der Waals surface area contributed by atoms with Crippen LogP contribution in [0.2, 0.25) is 10.0 Å². The maximum atomic E-state index is 12.7. The van der Waals surface area contributed by atoms with Crippen molar-refractivity contribution in [2.75, 3.05) is 11.1 Å². The smallest absolute Gasteiger partial charge is 0.369 e. The van der Waals surface area contributed by atoms with Gasteiger partial charge in [-0.15, -0.1) is 0 Å². The summed E-state index contributed by atoms with van der Waals surface area (Å²) in [5.74, 6) is 0.342. The number of halogens is 5. The fourth-order valence-corrected chi connectivity index (χ4v) is 3.37. The first-order valence-electron chi connectivity index (χ1n) is 8.13. The SMILES string of the molecule is Nc1nc2c(Nc3ccc(C(F)(F)F)cc3)ncnc2n1-c1c(Cl)cccc1Cl. The molecule has 4 rings (SSSR count). The van der Waals surface area contributed by atoms with Crippen LogP contribution >= 0.6 is 23.2 Å². The number of alkyl halides is 3. The van der Waals surface area contributed by atoms with Crippen LogP contribution in [0.3, 0.4) is 0 Å². The summed E-state index contributed by atoms with van der Waals surface area (Å²) in [6.45, 7) is 0. The van der Waals surface area contributed by atoms with Crippen molar-refractivity contribution in [3.63, 3.8) is 0 Å². The van der Waals surface area contributed by atoms with Crippen molar-refractivity contribution in [3.05, 3.63) is 64.4 Å². The van der Waals surface area contributed by atoms with Gasteiger partial charge in [0.25, 0.3) is 0 Å². The van der Waals surface area contributed by atoms with Crippen LogP contribution in [-0.4, -0.2) is 19.5 Å². The number of imidazole rings is 1. The van der Waals surface area contributed by atoms with E-state index in [1.165, 1.54) is 23.0 Å². The van der Waals surface area contributed by atoms with E-state index in [1.54, 1.807) is 18.2 Å². The Morgan fingerprint density at radius 3 is 2.24 bits per heavy atom. The highest BCUT2D eigenvalue weighted by atomic mass is 35.5. The molecule has 0 bridgehead atoms. The van der Waals surface area contributed by atoms with Crippen molar-refractivity contribution < 1.29 is 13.2 Å². The summed E-state index contributed by atoms with van der Waals surface area (Å²) in [4.78, 5) is 12.6. The van der Waals surface area contributed by atoms with Crippen LogP contribution in [0.5, 0.6) is 0 Å². The summed E-state index contributed by atoms with van der Waals surface area (Å²) in [7, 11) is 0. The zero-order chi connectivity index (χ0) is 20.8. The van der Waals surface area contributed by atoms with Crippen molar-refractivity contribution in [2.45, 2.75) is 6.18 Å². The van der Waals surface area contributed by atoms with Gasteiger partial charge in [-0.25, -0.2) is 15.0 Å². The number of anilines is 3. The standard InChI is InChI=1S/C18H11Cl2F3N6/c19-11-2-1-3-12(20)14(11)29-16-13(28-17(29)24)15(25-8-26-16)27-10-6-4-9(5-7-10)18(21,22)23/h1-8H,(H2,24,28)(H,25,26,27). The molecule has 2 aromatic heterocycles. The highest BCUT2D eigenvalue weighted by Gasteiger charge is 2.30. The summed E-state index contributed by atoms with van der Waals surface area (Å²) in [5, 5.41) is 3.62. The molecular weight excluding hydrogens is 428 g/mol. The Morgan fingerprint density at radius 2 is 1.62 bits per heavy atom. The molecule has 0 aliphatic rings. The minimum absolute atomic E-state index is 0.0750. The van der Waals surface area contributed by atoms with E-state index in [1.807, 2.05) is 0 Å². The van der Waals surface area contributed by atoms with Gasteiger partial charge in [0.15, 0.2) is 17.0 Å².